The van der Waals surface area contributed by atoms with Gasteiger partial charge in [0.05, 0.1) is 30.4 Å². The first kappa shape index (κ1) is 11.1. The van der Waals surface area contributed by atoms with Gasteiger partial charge < -0.3 is 9.67 Å². The SMILES string of the molecule is O[C@H]1CC2(CCC2)[C@H]1[C@H]1c2ccccc2-c2cncn21. The summed E-state index contributed by atoms with van der Waals surface area (Å²) in [4.78, 5) is 4.33. The van der Waals surface area contributed by atoms with Crippen LogP contribution in [0, 0.1) is 11.3 Å². The molecule has 102 valence electrons. The van der Waals surface area contributed by atoms with Gasteiger partial charge in [0, 0.05) is 11.5 Å². The lowest BCUT2D eigenvalue weighted by Crippen LogP contribution is -2.58. The Balaban J connectivity index is 1.68. The van der Waals surface area contributed by atoms with E-state index in [9.17, 15) is 5.11 Å². The lowest BCUT2D eigenvalue weighted by atomic mass is 9.46. The summed E-state index contributed by atoms with van der Waals surface area (Å²) in [5, 5.41) is 10.4. The van der Waals surface area contributed by atoms with Gasteiger partial charge in [0.2, 0.25) is 0 Å². The topological polar surface area (TPSA) is 38.1 Å². The number of rotatable bonds is 1. The van der Waals surface area contributed by atoms with E-state index in [1.54, 1.807) is 0 Å². The first-order valence-electron chi connectivity index (χ1n) is 7.59. The van der Waals surface area contributed by atoms with Crippen molar-refractivity contribution >= 4 is 0 Å². The van der Waals surface area contributed by atoms with E-state index >= 15 is 0 Å². The second kappa shape index (κ2) is 3.53. The van der Waals surface area contributed by atoms with E-state index in [-0.39, 0.29) is 12.1 Å². The predicted molar refractivity (Wildman–Crippen MR) is 76.2 cm³/mol. The Kier molecular flexibility index (Phi) is 1.96. The van der Waals surface area contributed by atoms with Crippen LogP contribution < -0.4 is 0 Å². The van der Waals surface area contributed by atoms with Crippen molar-refractivity contribution in [3.05, 3.63) is 42.4 Å². The molecule has 3 aliphatic rings. The van der Waals surface area contributed by atoms with E-state index in [0.29, 0.717) is 11.3 Å². The average molecular weight is 266 g/mol. The van der Waals surface area contributed by atoms with Gasteiger partial charge in [0.25, 0.3) is 0 Å². The minimum Gasteiger partial charge on any atom is -0.393 e. The van der Waals surface area contributed by atoms with E-state index in [4.69, 9.17) is 0 Å². The molecule has 5 rings (SSSR count). The maximum absolute atomic E-state index is 10.4. The molecule has 3 nitrogen and oxygen atoms in total. The Morgan fingerprint density at radius 1 is 1.25 bits per heavy atom. The normalized spacial score (nSPS) is 32.4. The lowest BCUT2D eigenvalue weighted by Gasteiger charge is -2.61. The van der Waals surface area contributed by atoms with Crippen molar-refractivity contribution in [3.63, 3.8) is 0 Å². The molecular formula is C17H18N2O. The summed E-state index contributed by atoms with van der Waals surface area (Å²) in [5.41, 5.74) is 4.28. The number of imidazole rings is 1. The van der Waals surface area contributed by atoms with E-state index in [1.807, 2.05) is 12.5 Å². The van der Waals surface area contributed by atoms with E-state index in [0.717, 1.165) is 6.42 Å². The number of aromatic nitrogens is 2. The van der Waals surface area contributed by atoms with Gasteiger partial charge in [-0.05, 0) is 30.2 Å². The third kappa shape index (κ3) is 1.14. The highest BCUT2D eigenvalue weighted by molar-refractivity contribution is 5.69. The molecule has 1 aromatic heterocycles. The number of nitrogens with zero attached hydrogens (tertiary/aromatic N) is 2. The molecule has 0 unspecified atom stereocenters. The Bertz CT molecular complexity index is 686. The van der Waals surface area contributed by atoms with Crippen molar-refractivity contribution in [3.8, 4) is 11.3 Å². The largest absolute Gasteiger partial charge is 0.393 e. The fourth-order valence-corrected chi connectivity index (χ4v) is 4.88. The van der Waals surface area contributed by atoms with Gasteiger partial charge in [0.1, 0.15) is 0 Å². The molecule has 2 aromatic rings. The number of hydrogen-bond acceptors (Lipinski definition) is 2. The molecule has 2 heterocycles. The van der Waals surface area contributed by atoms with Crippen LogP contribution in [0.2, 0.25) is 0 Å². The second-order valence-electron chi connectivity index (χ2n) is 6.73. The van der Waals surface area contributed by atoms with Crippen LogP contribution in [0.3, 0.4) is 0 Å². The van der Waals surface area contributed by atoms with Crippen molar-refractivity contribution < 1.29 is 5.11 Å². The molecule has 1 N–H and O–H groups in total. The standard InChI is InChI=1S/C17H18N2O/c20-14-8-17(6-3-7-17)15(14)16-12-5-2-1-4-11(12)13-9-18-10-19(13)16/h1-2,4-5,9-10,14-16,20H,3,6-8H2/t14-,15+,16+/m0/s1. The minimum atomic E-state index is -0.151. The fourth-order valence-electron chi connectivity index (χ4n) is 4.88. The van der Waals surface area contributed by atoms with Crippen LogP contribution in [-0.4, -0.2) is 20.8 Å². The number of aliphatic hydroxyl groups excluding tert-OH is 1. The molecule has 1 aromatic carbocycles. The summed E-state index contributed by atoms with van der Waals surface area (Å²) >= 11 is 0. The molecule has 1 spiro atoms. The molecule has 0 saturated heterocycles. The summed E-state index contributed by atoms with van der Waals surface area (Å²) < 4.78 is 2.29. The van der Waals surface area contributed by atoms with Gasteiger partial charge in [-0.1, -0.05) is 30.7 Å². The van der Waals surface area contributed by atoms with Crippen LogP contribution in [0.1, 0.15) is 37.3 Å². The van der Waals surface area contributed by atoms with Crippen molar-refractivity contribution in [1.82, 2.24) is 9.55 Å². The quantitative estimate of drug-likeness (QED) is 0.861. The summed E-state index contributed by atoms with van der Waals surface area (Å²) in [6, 6.07) is 8.90. The van der Waals surface area contributed by atoms with Crippen molar-refractivity contribution in [1.29, 1.82) is 0 Å². The van der Waals surface area contributed by atoms with E-state index in [2.05, 4.69) is 33.8 Å². The average Bonchev–Trinajstić information content (AvgIpc) is 2.97. The first-order valence-corrected chi connectivity index (χ1v) is 7.59. The van der Waals surface area contributed by atoms with E-state index < -0.39 is 0 Å². The van der Waals surface area contributed by atoms with Gasteiger partial charge in [0.15, 0.2) is 0 Å². The van der Waals surface area contributed by atoms with Crippen molar-refractivity contribution in [2.75, 3.05) is 0 Å². The van der Waals surface area contributed by atoms with Crippen LogP contribution in [0.15, 0.2) is 36.8 Å². The van der Waals surface area contributed by atoms with Crippen LogP contribution in [0.25, 0.3) is 11.3 Å². The molecule has 2 aliphatic carbocycles. The molecular weight excluding hydrogens is 248 g/mol. The molecule has 3 heteroatoms. The van der Waals surface area contributed by atoms with E-state index in [1.165, 1.54) is 36.1 Å². The smallest absolute Gasteiger partial charge is 0.0956 e. The zero-order chi connectivity index (χ0) is 13.3. The number of fused-ring (bicyclic) bond motifs is 3. The second-order valence-corrected chi connectivity index (χ2v) is 6.73. The Morgan fingerprint density at radius 3 is 2.85 bits per heavy atom. The summed E-state index contributed by atoms with van der Waals surface area (Å²) in [6.07, 6.45) is 8.65. The highest BCUT2D eigenvalue weighted by Gasteiger charge is 2.60. The van der Waals surface area contributed by atoms with Crippen molar-refractivity contribution in [2.24, 2.45) is 11.3 Å². The molecule has 2 fully saturated rings. The third-order valence-electron chi connectivity index (χ3n) is 5.95. The fraction of sp³-hybridized carbons (Fsp3) is 0.471. The molecule has 20 heavy (non-hydrogen) atoms. The minimum absolute atomic E-state index is 0.151. The van der Waals surface area contributed by atoms with Gasteiger partial charge in [-0.2, -0.15) is 0 Å². The Hall–Kier alpha value is -1.61. The molecule has 0 radical (unpaired) electrons. The van der Waals surface area contributed by atoms with Gasteiger partial charge in [-0.25, -0.2) is 4.98 Å². The Morgan fingerprint density at radius 2 is 2.10 bits per heavy atom. The molecule has 1 aliphatic heterocycles. The van der Waals surface area contributed by atoms with Gasteiger partial charge in [-0.15, -0.1) is 0 Å². The molecule has 2 saturated carbocycles. The van der Waals surface area contributed by atoms with Crippen molar-refractivity contribution in [2.45, 2.75) is 37.8 Å². The number of hydrogen-bond donors (Lipinski definition) is 1. The van der Waals surface area contributed by atoms with Crippen LogP contribution in [-0.2, 0) is 0 Å². The highest BCUT2D eigenvalue weighted by Crippen LogP contribution is 2.65. The van der Waals surface area contributed by atoms with Crippen LogP contribution in [0.4, 0.5) is 0 Å². The number of aliphatic hydroxyl groups is 1. The molecule has 3 atom stereocenters. The maximum atomic E-state index is 10.4. The maximum Gasteiger partial charge on any atom is 0.0956 e. The summed E-state index contributed by atoms with van der Waals surface area (Å²) in [7, 11) is 0. The van der Waals surface area contributed by atoms with Crippen LogP contribution in [0.5, 0.6) is 0 Å². The lowest BCUT2D eigenvalue weighted by molar-refractivity contribution is -0.165. The summed E-state index contributed by atoms with van der Waals surface area (Å²) in [5.74, 6) is 0.368. The Labute approximate surface area is 118 Å². The number of benzene rings is 1. The van der Waals surface area contributed by atoms with Gasteiger partial charge in [-0.3, -0.25) is 0 Å². The first-order chi connectivity index (χ1) is 9.80. The molecule has 0 bridgehead atoms. The monoisotopic (exact) mass is 266 g/mol. The highest BCUT2D eigenvalue weighted by atomic mass is 16.3. The van der Waals surface area contributed by atoms with Gasteiger partial charge >= 0.3 is 0 Å². The third-order valence-corrected chi connectivity index (χ3v) is 5.95. The van der Waals surface area contributed by atoms with Crippen LogP contribution >= 0.6 is 0 Å². The zero-order valence-corrected chi connectivity index (χ0v) is 11.4. The predicted octanol–water partition coefficient (Wildman–Crippen LogP) is 3.00. The summed E-state index contributed by atoms with van der Waals surface area (Å²) in [6.45, 7) is 0. The molecule has 0 amide bonds. The zero-order valence-electron chi connectivity index (χ0n) is 11.4.